The predicted octanol–water partition coefficient (Wildman–Crippen LogP) is 1.46. The van der Waals surface area contributed by atoms with E-state index in [0.717, 1.165) is 18.2 Å². The Morgan fingerprint density at radius 1 is 1.30 bits per heavy atom. The molecule has 0 bridgehead atoms. The third kappa shape index (κ3) is 4.44. The fourth-order valence-corrected chi connectivity index (χ4v) is 3.82. The van der Waals surface area contributed by atoms with Crippen LogP contribution in [0.3, 0.4) is 0 Å². The summed E-state index contributed by atoms with van der Waals surface area (Å²) in [5.41, 5.74) is -1.07. The topological polar surface area (TPSA) is 74.7 Å². The lowest BCUT2D eigenvalue weighted by atomic mass is 10.2. The molecule has 1 aromatic carbocycles. The third-order valence-electron chi connectivity index (χ3n) is 3.53. The number of likely N-dealkylation sites (tertiary alicyclic amines) is 1. The molecule has 1 heterocycles. The Hall–Kier alpha value is -1.61. The molecule has 1 aliphatic heterocycles. The number of benzene rings is 1. The van der Waals surface area contributed by atoms with E-state index < -0.39 is 38.3 Å². The Morgan fingerprint density at radius 2 is 2.00 bits per heavy atom. The number of amides is 1. The van der Waals surface area contributed by atoms with Crippen LogP contribution in [-0.4, -0.2) is 49.3 Å². The first-order valence-corrected chi connectivity index (χ1v) is 8.61. The molecule has 1 fully saturated rings. The number of alkyl halides is 3. The number of carbonyl (C=O) groups excluding carboxylic acids is 1. The average Bonchev–Trinajstić information content (AvgIpc) is 2.83. The highest BCUT2D eigenvalue weighted by atomic mass is 32.2. The zero-order valence-corrected chi connectivity index (χ0v) is 12.9. The molecule has 1 aromatic rings. The van der Waals surface area contributed by atoms with Crippen LogP contribution in [0.5, 0.6) is 0 Å². The van der Waals surface area contributed by atoms with E-state index in [2.05, 4.69) is 0 Å². The molecule has 1 N–H and O–H groups in total. The van der Waals surface area contributed by atoms with E-state index in [0.29, 0.717) is 25.5 Å². The average molecular weight is 351 g/mol. The maximum Gasteiger partial charge on any atom is 0.416 e. The van der Waals surface area contributed by atoms with Crippen LogP contribution in [0, 0.1) is 0 Å². The van der Waals surface area contributed by atoms with Crippen LogP contribution in [0.15, 0.2) is 29.2 Å². The fourth-order valence-electron chi connectivity index (χ4n) is 2.42. The minimum absolute atomic E-state index is 0.142. The van der Waals surface area contributed by atoms with E-state index in [1.807, 2.05) is 0 Å². The lowest BCUT2D eigenvalue weighted by Gasteiger charge is -2.20. The van der Waals surface area contributed by atoms with Gasteiger partial charge in [0.05, 0.1) is 22.3 Å². The Bertz CT molecular complexity index is 688. The quantitative estimate of drug-likeness (QED) is 0.872. The lowest BCUT2D eigenvalue weighted by Crippen LogP contribution is -2.36. The number of halogens is 3. The summed E-state index contributed by atoms with van der Waals surface area (Å²) < 4.78 is 62.2. The van der Waals surface area contributed by atoms with E-state index in [4.69, 9.17) is 0 Å². The Balaban J connectivity index is 2.11. The van der Waals surface area contributed by atoms with Crippen LogP contribution in [0.1, 0.15) is 18.4 Å². The van der Waals surface area contributed by atoms with Crippen molar-refractivity contribution in [2.24, 2.45) is 0 Å². The van der Waals surface area contributed by atoms with Gasteiger partial charge in [-0.05, 0) is 24.6 Å². The third-order valence-corrected chi connectivity index (χ3v) is 5.33. The second-order valence-electron chi connectivity index (χ2n) is 5.40. The normalized spacial score (nSPS) is 17.6. The minimum atomic E-state index is -4.65. The zero-order valence-electron chi connectivity index (χ0n) is 12.1. The molecule has 1 atom stereocenters. The maximum absolute atomic E-state index is 12.6. The van der Waals surface area contributed by atoms with Gasteiger partial charge < -0.3 is 10.0 Å². The van der Waals surface area contributed by atoms with Crippen LogP contribution in [0.4, 0.5) is 13.2 Å². The fraction of sp³-hybridized carbons (Fsp3) is 0.500. The number of aliphatic hydroxyl groups excluding tert-OH is 1. The van der Waals surface area contributed by atoms with Crippen LogP contribution in [-0.2, 0) is 20.8 Å². The standard InChI is InChI=1S/C14H16F3NO4S/c15-14(16,17)10-3-1-4-12(7-10)23(21,22)9-11(19)8-18-6-2-5-13(18)20/h1,3-4,7,11,19H,2,5-6,8-9H2/t11-/m1/s1. The minimum Gasteiger partial charge on any atom is -0.390 e. The maximum atomic E-state index is 12.6. The summed E-state index contributed by atoms with van der Waals surface area (Å²) in [5.74, 6) is -0.904. The largest absolute Gasteiger partial charge is 0.416 e. The molecule has 1 amide bonds. The summed E-state index contributed by atoms with van der Waals surface area (Å²) in [6, 6.07) is 3.38. The number of rotatable bonds is 5. The van der Waals surface area contributed by atoms with E-state index in [1.54, 1.807) is 0 Å². The zero-order chi connectivity index (χ0) is 17.3. The van der Waals surface area contributed by atoms with Gasteiger partial charge in [0.1, 0.15) is 0 Å². The first kappa shape index (κ1) is 17.7. The molecular formula is C14H16F3NO4S. The second kappa shape index (κ2) is 6.48. The van der Waals surface area contributed by atoms with Crippen molar-refractivity contribution >= 4 is 15.7 Å². The SMILES string of the molecule is O=C1CCCN1C[C@@H](O)CS(=O)(=O)c1cccc(C(F)(F)F)c1. The van der Waals surface area contributed by atoms with Gasteiger partial charge >= 0.3 is 6.18 Å². The van der Waals surface area contributed by atoms with Crippen molar-refractivity contribution in [3.8, 4) is 0 Å². The Labute approximate surface area is 131 Å². The van der Waals surface area contributed by atoms with E-state index in [-0.39, 0.29) is 12.5 Å². The van der Waals surface area contributed by atoms with E-state index in [1.165, 1.54) is 4.90 Å². The van der Waals surface area contributed by atoms with Gasteiger partial charge in [0.15, 0.2) is 9.84 Å². The van der Waals surface area contributed by atoms with Crippen molar-refractivity contribution in [2.45, 2.75) is 30.0 Å². The van der Waals surface area contributed by atoms with Crippen molar-refractivity contribution in [3.63, 3.8) is 0 Å². The van der Waals surface area contributed by atoms with Gasteiger partial charge in [0.25, 0.3) is 0 Å². The molecule has 0 aromatic heterocycles. The lowest BCUT2D eigenvalue weighted by molar-refractivity contribution is -0.137. The molecule has 0 radical (unpaired) electrons. The van der Waals surface area contributed by atoms with Crippen molar-refractivity contribution in [1.29, 1.82) is 0 Å². The van der Waals surface area contributed by atoms with Gasteiger partial charge in [0, 0.05) is 19.5 Å². The van der Waals surface area contributed by atoms with Crippen LogP contribution in [0.25, 0.3) is 0 Å². The van der Waals surface area contributed by atoms with Gasteiger partial charge in [-0.25, -0.2) is 8.42 Å². The molecule has 9 heteroatoms. The van der Waals surface area contributed by atoms with Crippen molar-refractivity contribution in [1.82, 2.24) is 4.90 Å². The number of carbonyl (C=O) groups is 1. The van der Waals surface area contributed by atoms with Gasteiger partial charge in [-0.1, -0.05) is 6.07 Å². The highest BCUT2D eigenvalue weighted by Gasteiger charge is 2.32. The molecule has 0 spiro atoms. The number of sulfone groups is 1. The molecule has 5 nitrogen and oxygen atoms in total. The highest BCUT2D eigenvalue weighted by Crippen LogP contribution is 2.30. The summed E-state index contributed by atoms with van der Waals surface area (Å²) in [6.07, 6.45) is -5.00. The van der Waals surface area contributed by atoms with Crippen LogP contribution >= 0.6 is 0 Å². The van der Waals surface area contributed by atoms with Crippen molar-refractivity contribution in [3.05, 3.63) is 29.8 Å². The number of aliphatic hydroxyl groups is 1. The smallest absolute Gasteiger partial charge is 0.390 e. The molecule has 128 valence electrons. The molecule has 2 rings (SSSR count). The summed E-state index contributed by atoms with van der Waals surface area (Å²) in [4.78, 5) is 12.3. The van der Waals surface area contributed by atoms with Gasteiger partial charge in [-0.2, -0.15) is 13.2 Å². The van der Waals surface area contributed by atoms with Crippen molar-refractivity contribution in [2.75, 3.05) is 18.8 Å². The van der Waals surface area contributed by atoms with Gasteiger partial charge in [-0.15, -0.1) is 0 Å². The molecular weight excluding hydrogens is 335 g/mol. The van der Waals surface area contributed by atoms with Gasteiger partial charge in [-0.3, -0.25) is 4.79 Å². The van der Waals surface area contributed by atoms with E-state index in [9.17, 15) is 31.5 Å². The Morgan fingerprint density at radius 3 is 2.57 bits per heavy atom. The van der Waals surface area contributed by atoms with Crippen LogP contribution in [0.2, 0.25) is 0 Å². The summed E-state index contributed by atoms with van der Waals surface area (Å²) in [6.45, 7) is 0.302. The molecule has 0 unspecified atom stereocenters. The first-order valence-electron chi connectivity index (χ1n) is 6.95. The van der Waals surface area contributed by atoms with E-state index >= 15 is 0 Å². The van der Waals surface area contributed by atoms with Gasteiger partial charge in [0.2, 0.25) is 5.91 Å². The predicted molar refractivity (Wildman–Crippen MR) is 75.3 cm³/mol. The molecule has 0 saturated carbocycles. The summed E-state index contributed by atoms with van der Waals surface area (Å²) in [7, 11) is -4.09. The molecule has 0 aliphatic carbocycles. The Kier molecular flexibility index (Phi) is 5.00. The van der Waals surface area contributed by atoms with Crippen molar-refractivity contribution < 1.29 is 31.5 Å². The summed E-state index contributed by atoms with van der Waals surface area (Å²) >= 11 is 0. The number of hydrogen-bond donors (Lipinski definition) is 1. The molecule has 1 saturated heterocycles. The second-order valence-corrected chi connectivity index (χ2v) is 7.44. The number of hydrogen-bond acceptors (Lipinski definition) is 4. The molecule has 23 heavy (non-hydrogen) atoms. The number of nitrogens with zero attached hydrogens (tertiary/aromatic N) is 1. The monoisotopic (exact) mass is 351 g/mol. The highest BCUT2D eigenvalue weighted by molar-refractivity contribution is 7.91. The summed E-state index contributed by atoms with van der Waals surface area (Å²) in [5, 5.41) is 9.86. The first-order chi connectivity index (χ1) is 10.6. The number of β-amino-alcohol motifs (C(OH)–C–C–N with tert-alkyl or cyclic N) is 1. The molecule has 1 aliphatic rings. The van der Waals surface area contributed by atoms with Crippen LogP contribution < -0.4 is 0 Å².